The molecule has 1 nitrogen and oxygen atoms in total. The first-order valence-corrected chi connectivity index (χ1v) is 5.34. The van der Waals surface area contributed by atoms with Crippen LogP contribution in [-0.2, 0) is 0 Å². The minimum Gasteiger partial charge on any atom is -0.310 e. The van der Waals surface area contributed by atoms with Crippen molar-refractivity contribution < 1.29 is 4.39 Å². The molecule has 1 aromatic rings. The van der Waals surface area contributed by atoms with Crippen LogP contribution in [0.15, 0.2) is 24.8 Å². The highest BCUT2D eigenvalue weighted by molar-refractivity contribution is 5.49. The van der Waals surface area contributed by atoms with E-state index in [0.717, 1.165) is 18.5 Å². The van der Waals surface area contributed by atoms with Crippen molar-refractivity contribution in [1.29, 1.82) is 0 Å². The third-order valence-corrected chi connectivity index (χ3v) is 2.44. The number of hydrogen-bond acceptors (Lipinski definition) is 1. The molecule has 1 rings (SSSR count). The highest BCUT2D eigenvalue weighted by atomic mass is 19.1. The van der Waals surface area contributed by atoms with E-state index < -0.39 is 0 Å². The van der Waals surface area contributed by atoms with Gasteiger partial charge in [0.15, 0.2) is 0 Å². The van der Waals surface area contributed by atoms with Crippen molar-refractivity contribution in [1.82, 2.24) is 5.32 Å². The molecule has 15 heavy (non-hydrogen) atoms. The fraction of sp³-hybridized carbons (Fsp3) is 0.385. The molecule has 0 aromatic heterocycles. The van der Waals surface area contributed by atoms with Crippen LogP contribution in [0.2, 0.25) is 0 Å². The molecule has 0 radical (unpaired) electrons. The summed E-state index contributed by atoms with van der Waals surface area (Å²) in [7, 11) is 0. The Morgan fingerprint density at radius 2 is 2.27 bits per heavy atom. The summed E-state index contributed by atoms with van der Waals surface area (Å²) in [6.07, 6.45) is 2.64. The maximum Gasteiger partial charge on any atom is 0.130 e. The zero-order valence-corrected chi connectivity index (χ0v) is 9.39. The SMILES string of the molecule is C=Cc1cc(C(C)NCCC)ccc1F. The van der Waals surface area contributed by atoms with Gasteiger partial charge in [0.05, 0.1) is 0 Å². The van der Waals surface area contributed by atoms with Gasteiger partial charge >= 0.3 is 0 Å². The highest BCUT2D eigenvalue weighted by Gasteiger charge is 2.06. The van der Waals surface area contributed by atoms with E-state index in [0.29, 0.717) is 5.56 Å². The molecule has 0 aliphatic rings. The first-order chi connectivity index (χ1) is 7.19. The summed E-state index contributed by atoms with van der Waals surface area (Å²) >= 11 is 0. The number of rotatable bonds is 5. The first kappa shape index (κ1) is 11.9. The van der Waals surface area contributed by atoms with Gasteiger partial charge in [-0.2, -0.15) is 0 Å². The van der Waals surface area contributed by atoms with Gasteiger partial charge in [-0.05, 0) is 37.6 Å². The average molecular weight is 207 g/mol. The summed E-state index contributed by atoms with van der Waals surface area (Å²) in [6, 6.07) is 5.41. The number of nitrogens with one attached hydrogen (secondary N) is 1. The Kier molecular flexibility index (Phi) is 4.50. The standard InChI is InChI=1S/C13H18FN/c1-4-8-15-10(3)12-6-7-13(14)11(5-2)9-12/h5-7,9-10,15H,2,4,8H2,1,3H3. The molecule has 2 heteroatoms. The second-order valence-electron chi connectivity index (χ2n) is 3.66. The average Bonchev–Trinajstić information content (AvgIpc) is 2.26. The molecule has 0 aliphatic heterocycles. The third kappa shape index (κ3) is 3.17. The van der Waals surface area contributed by atoms with E-state index in [-0.39, 0.29) is 11.9 Å². The van der Waals surface area contributed by atoms with E-state index in [1.807, 2.05) is 12.1 Å². The lowest BCUT2D eigenvalue weighted by Crippen LogP contribution is -2.19. The normalized spacial score (nSPS) is 12.5. The van der Waals surface area contributed by atoms with Crippen LogP contribution in [0.5, 0.6) is 0 Å². The van der Waals surface area contributed by atoms with E-state index in [2.05, 4.69) is 25.7 Å². The molecule has 0 aliphatic carbocycles. The predicted octanol–water partition coefficient (Wildman–Crippen LogP) is 3.53. The lowest BCUT2D eigenvalue weighted by atomic mass is 10.0. The summed E-state index contributed by atoms with van der Waals surface area (Å²) in [5, 5.41) is 3.36. The molecular formula is C13H18FN. The number of hydrogen-bond donors (Lipinski definition) is 1. The Bertz CT molecular complexity index is 333. The van der Waals surface area contributed by atoms with E-state index >= 15 is 0 Å². The summed E-state index contributed by atoms with van der Waals surface area (Å²) in [4.78, 5) is 0. The molecule has 0 bridgehead atoms. The molecule has 1 atom stereocenters. The molecule has 1 unspecified atom stereocenters. The van der Waals surface area contributed by atoms with Gasteiger partial charge in [0.1, 0.15) is 5.82 Å². The van der Waals surface area contributed by atoms with Crippen LogP contribution < -0.4 is 5.32 Å². The maximum atomic E-state index is 13.2. The molecule has 0 amide bonds. The largest absolute Gasteiger partial charge is 0.310 e. The molecule has 82 valence electrons. The van der Waals surface area contributed by atoms with Crippen molar-refractivity contribution in [2.75, 3.05) is 6.54 Å². The van der Waals surface area contributed by atoms with Crippen molar-refractivity contribution in [3.8, 4) is 0 Å². The Labute approximate surface area is 91.0 Å². The fourth-order valence-electron chi connectivity index (χ4n) is 1.47. The van der Waals surface area contributed by atoms with E-state index in [1.165, 1.54) is 6.07 Å². The van der Waals surface area contributed by atoms with E-state index in [1.54, 1.807) is 6.08 Å². The van der Waals surface area contributed by atoms with Crippen molar-refractivity contribution in [3.63, 3.8) is 0 Å². The van der Waals surface area contributed by atoms with Crippen LogP contribution in [0.4, 0.5) is 4.39 Å². The maximum absolute atomic E-state index is 13.2. The van der Waals surface area contributed by atoms with Crippen molar-refractivity contribution >= 4 is 6.08 Å². The van der Waals surface area contributed by atoms with Gasteiger partial charge in [-0.3, -0.25) is 0 Å². The van der Waals surface area contributed by atoms with Gasteiger partial charge in [0, 0.05) is 11.6 Å². The lowest BCUT2D eigenvalue weighted by molar-refractivity contribution is 0.567. The minimum atomic E-state index is -0.212. The molecule has 1 N–H and O–H groups in total. The van der Waals surface area contributed by atoms with Crippen molar-refractivity contribution in [2.24, 2.45) is 0 Å². The van der Waals surface area contributed by atoms with Crippen LogP contribution in [0.3, 0.4) is 0 Å². The molecule has 1 aromatic carbocycles. The van der Waals surface area contributed by atoms with Gasteiger partial charge in [-0.25, -0.2) is 4.39 Å². The van der Waals surface area contributed by atoms with E-state index in [9.17, 15) is 4.39 Å². The Morgan fingerprint density at radius 1 is 1.53 bits per heavy atom. The van der Waals surface area contributed by atoms with Crippen LogP contribution in [0.25, 0.3) is 6.08 Å². The molecule has 0 saturated heterocycles. The van der Waals surface area contributed by atoms with Crippen LogP contribution in [-0.4, -0.2) is 6.54 Å². The van der Waals surface area contributed by atoms with Crippen LogP contribution in [0, 0.1) is 5.82 Å². The molecular weight excluding hydrogens is 189 g/mol. The number of benzene rings is 1. The second-order valence-corrected chi connectivity index (χ2v) is 3.66. The van der Waals surface area contributed by atoms with Crippen LogP contribution >= 0.6 is 0 Å². The summed E-state index contributed by atoms with van der Waals surface area (Å²) in [5.41, 5.74) is 1.66. The smallest absolute Gasteiger partial charge is 0.130 e. The predicted molar refractivity (Wildman–Crippen MR) is 63.2 cm³/mol. The van der Waals surface area contributed by atoms with E-state index in [4.69, 9.17) is 0 Å². The lowest BCUT2D eigenvalue weighted by Gasteiger charge is -2.14. The molecule has 0 spiro atoms. The first-order valence-electron chi connectivity index (χ1n) is 5.34. The van der Waals surface area contributed by atoms with Crippen LogP contribution in [0.1, 0.15) is 37.4 Å². The third-order valence-electron chi connectivity index (χ3n) is 2.44. The fourth-order valence-corrected chi connectivity index (χ4v) is 1.47. The molecule has 0 heterocycles. The van der Waals surface area contributed by atoms with Gasteiger partial charge in [-0.15, -0.1) is 0 Å². The van der Waals surface area contributed by atoms with Gasteiger partial charge in [-0.1, -0.05) is 25.6 Å². The highest BCUT2D eigenvalue weighted by Crippen LogP contribution is 2.17. The Morgan fingerprint density at radius 3 is 2.87 bits per heavy atom. The number of halogens is 1. The Hall–Kier alpha value is -1.15. The monoisotopic (exact) mass is 207 g/mol. The summed E-state index contributed by atoms with van der Waals surface area (Å²) in [6.45, 7) is 8.77. The Balaban J connectivity index is 2.80. The molecule has 0 saturated carbocycles. The zero-order chi connectivity index (χ0) is 11.3. The van der Waals surface area contributed by atoms with Gasteiger partial charge < -0.3 is 5.32 Å². The topological polar surface area (TPSA) is 12.0 Å². The summed E-state index contributed by atoms with van der Waals surface area (Å²) < 4.78 is 13.2. The van der Waals surface area contributed by atoms with Crippen molar-refractivity contribution in [3.05, 3.63) is 41.7 Å². The molecule has 0 fully saturated rings. The second kappa shape index (κ2) is 5.66. The van der Waals surface area contributed by atoms with Crippen molar-refractivity contribution in [2.45, 2.75) is 26.3 Å². The zero-order valence-electron chi connectivity index (χ0n) is 9.39. The summed E-state index contributed by atoms with van der Waals surface area (Å²) in [5.74, 6) is -0.212. The van der Waals surface area contributed by atoms with Gasteiger partial charge in [0.2, 0.25) is 0 Å². The van der Waals surface area contributed by atoms with Gasteiger partial charge in [0.25, 0.3) is 0 Å². The quantitative estimate of drug-likeness (QED) is 0.778. The minimum absolute atomic E-state index is 0.212.